The van der Waals surface area contributed by atoms with Crippen LogP contribution in [0, 0.1) is 6.92 Å². The van der Waals surface area contributed by atoms with Crippen LogP contribution in [0.3, 0.4) is 0 Å². The Morgan fingerprint density at radius 1 is 1.50 bits per heavy atom. The maximum Gasteiger partial charge on any atom is 0.0639 e. The molecule has 0 spiro atoms. The molecule has 0 aromatic carbocycles. The monoisotopic (exact) mass is 162 g/mol. The molecule has 12 heavy (non-hydrogen) atoms. The summed E-state index contributed by atoms with van der Waals surface area (Å²) >= 11 is 0. The average molecular weight is 162 g/mol. The van der Waals surface area contributed by atoms with E-state index in [-0.39, 0.29) is 0 Å². The van der Waals surface area contributed by atoms with Gasteiger partial charge in [0, 0.05) is 19.8 Å². The summed E-state index contributed by atoms with van der Waals surface area (Å²) in [4.78, 5) is 6.70. The summed E-state index contributed by atoms with van der Waals surface area (Å²) in [6.45, 7) is 3.32. The second kappa shape index (κ2) is 2.77. The molecule has 0 amide bonds. The Morgan fingerprint density at radius 3 is 3.08 bits per heavy atom. The molecule has 0 saturated heterocycles. The highest BCUT2D eigenvalue weighted by atomic mass is 15.1. The number of aromatic nitrogens is 1. The van der Waals surface area contributed by atoms with Crippen molar-refractivity contribution in [2.45, 2.75) is 19.8 Å². The number of aryl methyl sites for hydroxylation is 2. The lowest BCUT2D eigenvalue weighted by Crippen LogP contribution is -2.26. The Kier molecular flexibility index (Phi) is 1.75. The van der Waals surface area contributed by atoms with Gasteiger partial charge in [-0.25, -0.2) is 0 Å². The van der Waals surface area contributed by atoms with Gasteiger partial charge >= 0.3 is 0 Å². The quantitative estimate of drug-likeness (QED) is 0.578. The number of anilines is 1. The van der Waals surface area contributed by atoms with Crippen LogP contribution in [-0.2, 0) is 6.42 Å². The maximum absolute atomic E-state index is 4.39. The fourth-order valence-corrected chi connectivity index (χ4v) is 1.91. The minimum Gasteiger partial charge on any atom is -0.373 e. The summed E-state index contributed by atoms with van der Waals surface area (Å²) in [7, 11) is 2.15. The predicted octanol–water partition coefficient (Wildman–Crippen LogP) is 1.77. The second-order valence-electron chi connectivity index (χ2n) is 3.45. The first-order chi connectivity index (χ1) is 5.79. The van der Waals surface area contributed by atoms with Crippen molar-refractivity contribution in [2.24, 2.45) is 0 Å². The zero-order valence-corrected chi connectivity index (χ0v) is 7.67. The molecule has 0 fully saturated rings. The number of fused-ring (bicyclic) bond motifs is 1. The van der Waals surface area contributed by atoms with Crippen molar-refractivity contribution >= 4 is 5.69 Å². The third-order valence-corrected chi connectivity index (χ3v) is 2.49. The zero-order valence-electron chi connectivity index (χ0n) is 7.67. The van der Waals surface area contributed by atoms with Crippen LogP contribution in [0.5, 0.6) is 0 Å². The molecule has 1 aliphatic rings. The van der Waals surface area contributed by atoms with Gasteiger partial charge < -0.3 is 4.90 Å². The van der Waals surface area contributed by atoms with Gasteiger partial charge in [-0.2, -0.15) is 0 Å². The van der Waals surface area contributed by atoms with Gasteiger partial charge in [0.25, 0.3) is 0 Å². The molecule has 2 heterocycles. The lowest BCUT2D eigenvalue weighted by Gasteiger charge is -2.28. The molecule has 1 aromatic heterocycles. The third kappa shape index (κ3) is 1.07. The molecule has 0 radical (unpaired) electrons. The summed E-state index contributed by atoms with van der Waals surface area (Å²) in [6.07, 6.45) is 4.29. The van der Waals surface area contributed by atoms with E-state index < -0.39 is 0 Å². The Bertz CT molecular complexity index is 294. The van der Waals surface area contributed by atoms with Crippen LogP contribution in [0.1, 0.15) is 17.7 Å². The van der Waals surface area contributed by atoms with Gasteiger partial charge in [-0.15, -0.1) is 0 Å². The van der Waals surface area contributed by atoms with Gasteiger partial charge in [0.2, 0.25) is 0 Å². The molecule has 2 nitrogen and oxygen atoms in total. The van der Waals surface area contributed by atoms with Crippen molar-refractivity contribution in [1.82, 2.24) is 4.98 Å². The van der Waals surface area contributed by atoms with E-state index in [9.17, 15) is 0 Å². The van der Waals surface area contributed by atoms with E-state index in [1.165, 1.54) is 29.9 Å². The topological polar surface area (TPSA) is 16.1 Å². The van der Waals surface area contributed by atoms with E-state index in [1.54, 1.807) is 0 Å². The molecule has 0 aliphatic carbocycles. The Hall–Kier alpha value is -1.05. The van der Waals surface area contributed by atoms with Crippen LogP contribution in [0.2, 0.25) is 0 Å². The van der Waals surface area contributed by atoms with Crippen molar-refractivity contribution in [1.29, 1.82) is 0 Å². The van der Waals surface area contributed by atoms with E-state index in [4.69, 9.17) is 0 Å². The largest absolute Gasteiger partial charge is 0.373 e. The van der Waals surface area contributed by atoms with Gasteiger partial charge in [0.15, 0.2) is 0 Å². The normalized spacial score (nSPS) is 16.0. The van der Waals surface area contributed by atoms with E-state index in [2.05, 4.69) is 29.9 Å². The minimum atomic E-state index is 1.14. The fourth-order valence-electron chi connectivity index (χ4n) is 1.91. The van der Waals surface area contributed by atoms with Gasteiger partial charge in [0.1, 0.15) is 0 Å². The average Bonchev–Trinajstić information content (AvgIpc) is 2.04. The van der Waals surface area contributed by atoms with Gasteiger partial charge in [-0.1, -0.05) is 0 Å². The Balaban J connectivity index is 2.53. The molecular weight excluding hydrogens is 148 g/mol. The number of pyridine rings is 1. The molecule has 0 saturated carbocycles. The first kappa shape index (κ1) is 7.59. The number of nitrogens with zero attached hydrogens (tertiary/aromatic N) is 2. The van der Waals surface area contributed by atoms with E-state index in [0.717, 1.165) is 6.42 Å². The first-order valence-electron chi connectivity index (χ1n) is 4.44. The molecule has 0 N–H and O–H groups in total. The summed E-state index contributed by atoms with van der Waals surface area (Å²) in [5.74, 6) is 0. The van der Waals surface area contributed by atoms with Gasteiger partial charge in [-0.3, -0.25) is 4.98 Å². The van der Waals surface area contributed by atoms with Crippen LogP contribution in [0.25, 0.3) is 0 Å². The maximum atomic E-state index is 4.39. The van der Waals surface area contributed by atoms with Crippen molar-refractivity contribution in [3.63, 3.8) is 0 Å². The molecule has 0 atom stereocenters. The smallest absolute Gasteiger partial charge is 0.0639 e. The van der Waals surface area contributed by atoms with Crippen LogP contribution in [0.4, 0.5) is 5.69 Å². The molecule has 1 aliphatic heterocycles. The van der Waals surface area contributed by atoms with Crippen LogP contribution >= 0.6 is 0 Å². The molecule has 0 unspecified atom stereocenters. The van der Waals surface area contributed by atoms with Crippen molar-refractivity contribution in [2.75, 3.05) is 18.5 Å². The predicted molar refractivity (Wildman–Crippen MR) is 50.6 cm³/mol. The zero-order chi connectivity index (χ0) is 8.55. The minimum absolute atomic E-state index is 1.14. The first-order valence-corrected chi connectivity index (χ1v) is 4.44. The third-order valence-electron chi connectivity index (χ3n) is 2.49. The van der Waals surface area contributed by atoms with E-state index in [0.29, 0.717) is 0 Å². The SMILES string of the molecule is Cc1ccnc2c1N(C)CCC2. The van der Waals surface area contributed by atoms with Crippen molar-refractivity contribution < 1.29 is 0 Å². The second-order valence-corrected chi connectivity index (χ2v) is 3.45. The molecular formula is C10H14N2. The molecule has 2 heteroatoms. The van der Waals surface area contributed by atoms with Crippen LogP contribution < -0.4 is 4.90 Å². The van der Waals surface area contributed by atoms with Crippen LogP contribution in [0.15, 0.2) is 12.3 Å². The van der Waals surface area contributed by atoms with Crippen molar-refractivity contribution in [3.05, 3.63) is 23.5 Å². The highest BCUT2D eigenvalue weighted by Gasteiger charge is 2.15. The van der Waals surface area contributed by atoms with Crippen LogP contribution in [-0.4, -0.2) is 18.6 Å². The molecule has 0 bridgehead atoms. The standard InChI is InChI=1S/C10H14N2/c1-8-5-6-11-9-4-3-7-12(2)10(8)9/h5-6H,3-4,7H2,1-2H3. The number of hydrogen-bond donors (Lipinski definition) is 0. The summed E-state index contributed by atoms with van der Waals surface area (Å²) in [5.41, 5.74) is 3.97. The van der Waals surface area contributed by atoms with E-state index >= 15 is 0 Å². The summed E-state index contributed by atoms with van der Waals surface area (Å²) < 4.78 is 0. The highest BCUT2D eigenvalue weighted by Crippen LogP contribution is 2.26. The fraction of sp³-hybridized carbons (Fsp3) is 0.500. The highest BCUT2D eigenvalue weighted by molar-refractivity contribution is 5.57. The lowest BCUT2D eigenvalue weighted by molar-refractivity contribution is 0.722. The van der Waals surface area contributed by atoms with Gasteiger partial charge in [-0.05, 0) is 31.4 Å². The van der Waals surface area contributed by atoms with Gasteiger partial charge in [0.05, 0.1) is 11.4 Å². The molecule has 64 valence electrons. The van der Waals surface area contributed by atoms with Crippen molar-refractivity contribution in [3.8, 4) is 0 Å². The summed E-state index contributed by atoms with van der Waals surface area (Å²) in [6, 6.07) is 2.08. The summed E-state index contributed by atoms with van der Waals surface area (Å²) in [5, 5.41) is 0. The Morgan fingerprint density at radius 2 is 2.33 bits per heavy atom. The van der Waals surface area contributed by atoms with E-state index in [1.807, 2.05) is 6.20 Å². The number of hydrogen-bond acceptors (Lipinski definition) is 2. The number of rotatable bonds is 0. The Labute approximate surface area is 73.2 Å². The lowest BCUT2D eigenvalue weighted by atomic mass is 10.0. The molecule has 2 rings (SSSR count). The molecule has 1 aromatic rings.